The fourth-order valence-electron chi connectivity index (χ4n) is 3.14. The molecule has 0 spiro atoms. The van der Waals surface area contributed by atoms with Crippen molar-refractivity contribution in [3.05, 3.63) is 59.9 Å². The second kappa shape index (κ2) is 11.4. The molecule has 33 heavy (non-hydrogen) atoms. The van der Waals surface area contributed by atoms with Gasteiger partial charge in [-0.2, -0.15) is 0 Å². The molecule has 9 nitrogen and oxygen atoms in total. The maximum atomic E-state index is 12.4. The van der Waals surface area contributed by atoms with E-state index in [2.05, 4.69) is 20.8 Å². The van der Waals surface area contributed by atoms with Gasteiger partial charge in [-0.05, 0) is 36.8 Å². The fourth-order valence-corrected chi connectivity index (χ4v) is 3.86. The molecule has 1 atom stereocenters. The summed E-state index contributed by atoms with van der Waals surface area (Å²) in [5.74, 6) is 1.90. The Balaban J connectivity index is 1.52. The fraction of sp³-hybridized carbons (Fsp3) is 0.304. The van der Waals surface area contributed by atoms with E-state index in [-0.39, 0.29) is 30.0 Å². The number of aromatic nitrogens is 3. The monoisotopic (exact) mass is 469 g/mol. The third kappa shape index (κ3) is 6.72. The molecule has 0 unspecified atom stereocenters. The molecular weight excluding hydrogens is 442 g/mol. The summed E-state index contributed by atoms with van der Waals surface area (Å²) >= 11 is 1.27. The Bertz CT molecular complexity index is 1100. The first-order chi connectivity index (χ1) is 15.9. The molecule has 3 rings (SSSR count). The molecule has 1 heterocycles. The lowest BCUT2D eigenvalue weighted by Crippen LogP contribution is -2.29. The van der Waals surface area contributed by atoms with Crippen molar-refractivity contribution >= 4 is 29.3 Å². The summed E-state index contributed by atoms with van der Waals surface area (Å²) in [5, 5.41) is 14.7. The Morgan fingerprint density at radius 2 is 1.76 bits per heavy atom. The molecule has 2 N–H and O–H groups in total. The van der Waals surface area contributed by atoms with Crippen molar-refractivity contribution in [1.29, 1.82) is 0 Å². The zero-order valence-corrected chi connectivity index (χ0v) is 19.8. The van der Waals surface area contributed by atoms with Crippen LogP contribution in [0.2, 0.25) is 0 Å². The van der Waals surface area contributed by atoms with Crippen LogP contribution in [0.1, 0.15) is 24.4 Å². The summed E-state index contributed by atoms with van der Waals surface area (Å²) in [6.07, 6.45) is 0.248. The second-order valence-electron chi connectivity index (χ2n) is 7.28. The Morgan fingerprint density at radius 3 is 2.45 bits per heavy atom. The number of carbonyl (C=O) groups excluding carboxylic acids is 2. The zero-order chi connectivity index (χ0) is 23.8. The van der Waals surface area contributed by atoms with Crippen LogP contribution in [0.15, 0.2) is 53.7 Å². The van der Waals surface area contributed by atoms with Crippen LogP contribution in [0.3, 0.4) is 0 Å². The Labute approximate surface area is 196 Å². The smallest absolute Gasteiger partial charge is 0.234 e. The predicted molar refractivity (Wildman–Crippen MR) is 127 cm³/mol. The van der Waals surface area contributed by atoms with E-state index in [1.165, 1.54) is 11.8 Å². The number of rotatable bonds is 10. The van der Waals surface area contributed by atoms with E-state index in [0.29, 0.717) is 22.4 Å². The van der Waals surface area contributed by atoms with E-state index in [0.717, 1.165) is 11.3 Å². The van der Waals surface area contributed by atoms with Crippen molar-refractivity contribution in [1.82, 2.24) is 20.1 Å². The molecule has 0 radical (unpaired) electrons. The highest BCUT2D eigenvalue weighted by Gasteiger charge is 2.18. The third-order valence-electron chi connectivity index (χ3n) is 4.84. The molecule has 1 aromatic heterocycles. The molecule has 0 aliphatic heterocycles. The first-order valence-corrected chi connectivity index (χ1v) is 11.3. The first kappa shape index (κ1) is 24.1. The van der Waals surface area contributed by atoms with Gasteiger partial charge in [0.05, 0.1) is 32.4 Å². The summed E-state index contributed by atoms with van der Waals surface area (Å²) in [6, 6.07) is 14.2. The van der Waals surface area contributed by atoms with E-state index in [9.17, 15) is 9.59 Å². The average molecular weight is 470 g/mol. The van der Waals surface area contributed by atoms with Crippen molar-refractivity contribution in [2.75, 3.05) is 25.3 Å². The van der Waals surface area contributed by atoms with E-state index in [1.54, 1.807) is 37.0 Å². The standard InChI is InChI=1S/C23H27N5O4S/c1-15(24-20(29)12-16-8-10-18(31-3)11-9-16)22-26-27-23(28(22)2)33-14-21(30)25-17-6-5-7-19(13-17)32-4/h5-11,13,15H,12,14H2,1-4H3,(H,24,29)(H,25,30)/t15-/m0/s1. The average Bonchev–Trinajstić information content (AvgIpc) is 3.18. The topological polar surface area (TPSA) is 107 Å². The lowest BCUT2D eigenvalue weighted by Gasteiger charge is -2.14. The summed E-state index contributed by atoms with van der Waals surface area (Å²) in [5.41, 5.74) is 1.54. The van der Waals surface area contributed by atoms with Crippen LogP contribution in [0.5, 0.6) is 11.5 Å². The molecular formula is C23H27N5O4S. The largest absolute Gasteiger partial charge is 0.497 e. The maximum Gasteiger partial charge on any atom is 0.234 e. The summed E-state index contributed by atoms with van der Waals surface area (Å²) in [6.45, 7) is 1.85. The maximum absolute atomic E-state index is 12.4. The van der Waals surface area contributed by atoms with Gasteiger partial charge in [0.25, 0.3) is 0 Å². The molecule has 0 aliphatic carbocycles. The number of nitrogens with zero attached hydrogens (tertiary/aromatic N) is 3. The van der Waals surface area contributed by atoms with Crippen molar-refractivity contribution in [3.63, 3.8) is 0 Å². The molecule has 0 saturated carbocycles. The first-order valence-electron chi connectivity index (χ1n) is 10.3. The van der Waals surface area contributed by atoms with Crippen LogP contribution in [0.4, 0.5) is 5.69 Å². The Morgan fingerprint density at radius 1 is 1.03 bits per heavy atom. The molecule has 0 aliphatic rings. The van der Waals surface area contributed by atoms with Gasteiger partial charge in [0.15, 0.2) is 11.0 Å². The summed E-state index contributed by atoms with van der Waals surface area (Å²) < 4.78 is 12.1. The molecule has 0 bridgehead atoms. The van der Waals surface area contributed by atoms with Gasteiger partial charge in [-0.25, -0.2) is 0 Å². The highest BCUT2D eigenvalue weighted by atomic mass is 32.2. The summed E-state index contributed by atoms with van der Waals surface area (Å²) in [7, 11) is 4.98. The Hall–Kier alpha value is -3.53. The molecule has 0 fully saturated rings. The van der Waals surface area contributed by atoms with Crippen LogP contribution < -0.4 is 20.1 Å². The number of carbonyl (C=O) groups is 2. The molecule has 2 aromatic carbocycles. The van der Waals surface area contributed by atoms with Gasteiger partial charge in [-0.1, -0.05) is 30.0 Å². The highest BCUT2D eigenvalue weighted by Crippen LogP contribution is 2.21. The SMILES string of the molecule is COc1ccc(CC(=O)N[C@@H](C)c2nnc(SCC(=O)Nc3cccc(OC)c3)n2C)cc1. The Kier molecular flexibility index (Phi) is 8.31. The number of hydrogen-bond donors (Lipinski definition) is 2. The number of methoxy groups -OCH3 is 2. The predicted octanol–water partition coefficient (Wildman–Crippen LogP) is 2.98. The van der Waals surface area contributed by atoms with E-state index >= 15 is 0 Å². The van der Waals surface area contributed by atoms with Crippen LogP contribution in [0.25, 0.3) is 0 Å². The van der Waals surface area contributed by atoms with Gasteiger partial charge in [0.2, 0.25) is 11.8 Å². The van der Waals surface area contributed by atoms with Crippen molar-refractivity contribution in [2.45, 2.75) is 24.5 Å². The number of thioether (sulfide) groups is 1. The third-order valence-corrected chi connectivity index (χ3v) is 5.86. The number of benzene rings is 2. The van der Waals surface area contributed by atoms with Crippen molar-refractivity contribution in [3.8, 4) is 11.5 Å². The van der Waals surface area contributed by atoms with Gasteiger partial charge < -0.3 is 24.7 Å². The zero-order valence-electron chi connectivity index (χ0n) is 19.0. The van der Waals surface area contributed by atoms with Crippen LogP contribution >= 0.6 is 11.8 Å². The lowest BCUT2D eigenvalue weighted by atomic mass is 10.1. The van der Waals surface area contributed by atoms with Crippen LogP contribution in [-0.2, 0) is 23.1 Å². The lowest BCUT2D eigenvalue weighted by molar-refractivity contribution is -0.121. The van der Waals surface area contributed by atoms with Crippen LogP contribution in [-0.4, -0.2) is 46.6 Å². The molecule has 3 aromatic rings. The van der Waals surface area contributed by atoms with Gasteiger partial charge in [-0.3, -0.25) is 9.59 Å². The molecule has 0 saturated heterocycles. The molecule has 10 heteroatoms. The van der Waals surface area contributed by atoms with E-state index in [4.69, 9.17) is 9.47 Å². The number of amides is 2. The number of hydrogen-bond acceptors (Lipinski definition) is 7. The minimum Gasteiger partial charge on any atom is -0.497 e. The minimum absolute atomic E-state index is 0.123. The van der Waals surface area contributed by atoms with Gasteiger partial charge in [-0.15, -0.1) is 10.2 Å². The van der Waals surface area contributed by atoms with E-state index in [1.807, 2.05) is 44.3 Å². The summed E-state index contributed by atoms with van der Waals surface area (Å²) in [4.78, 5) is 24.7. The quantitative estimate of drug-likeness (QED) is 0.440. The van der Waals surface area contributed by atoms with Crippen LogP contribution in [0, 0.1) is 0 Å². The normalized spacial score (nSPS) is 11.5. The van der Waals surface area contributed by atoms with Gasteiger partial charge >= 0.3 is 0 Å². The number of ether oxygens (including phenoxy) is 2. The van der Waals surface area contributed by atoms with Crippen molar-refractivity contribution in [2.24, 2.45) is 7.05 Å². The van der Waals surface area contributed by atoms with Gasteiger partial charge in [0.1, 0.15) is 11.5 Å². The highest BCUT2D eigenvalue weighted by molar-refractivity contribution is 7.99. The molecule has 174 valence electrons. The minimum atomic E-state index is -0.340. The van der Waals surface area contributed by atoms with E-state index < -0.39 is 0 Å². The number of nitrogens with one attached hydrogen (secondary N) is 2. The molecule has 2 amide bonds. The van der Waals surface area contributed by atoms with Gasteiger partial charge in [0, 0.05) is 18.8 Å². The van der Waals surface area contributed by atoms with Crippen molar-refractivity contribution < 1.29 is 19.1 Å². The number of anilines is 1. The second-order valence-corrected chi connectivity index (χ2v) is 8.23.